The van der Waals surface area contributed by atoms with Gasteiger partial charge >= 0.3 is 0 Å². The fraction of sp³-hybridized carbons (Fsp3) is 0.0625. The highest BCUT2D eigenvalue weighted by Gasteiger charge is 2.12. The molecule has 1 amide bonds. The zero-order chi connectivity index (χ0) is 16.4. The molecule has 0 bridgehead atoms. The van der Waals surface area contributed by atoms with Gasteiger partial charge in [-0.1, -0.05) is 45.7 Å². The number of H-pyrrole nitrogens is 1. The Bertz CT molecular complexity index is 955. The van der Waals surface area contributed by atoms with Crippen LogP contribution in [0.1, 0.15) is 16.1 Å². The van der Waals surface area contributed by atoms with Gasteiger partial charge < -0.3 is 5.32 Å². The number of hydrogen-bond acceptors (Lipinski definition) is 3. The first-order chi connectivity index (χ1) is 11.1. The minimum Gasteiger partial charge on any atom is -0.346 e. The molecule has 1 aromatic heterocycles. The van der Waals surface area contributed by atoms with Crippen molar-refractivity contribution < 1.29 is 4.79 Å². The van der Waals surface area contributed by atoms with E-state index >= 15 is 0 Å². The van der Waals surface area contributed by atoms with Crippen LogP contribution in [0.15, 0.2) is 51.7 Å². The Kier molecular flexibility index (Phi) is 4.45. The van der Waals surface area contributed by atoms with Crippen LogP contribution in [0.3, 0.4) is 0 Å². The van der Waals surface area contributed by atoms with Crippen molar-refractivity contribution in [3.05, 3.63) is 73.6 Å². The summed E-state index contributed by atoms with van der Waals surface area (Å²) in [6.07, 6.45) is 0. The molecule has 2 aromatic carbocycles. The highest BCUT2D eigenvalue weighted by Crippen LogP contribution is 2.21. The Morgan fingerprint density at radius 1 is 1.22 bits per heavy atom. The summed E-state index contributed by atoms with van der Waals surface area (Å²) in [6, 6.07) is 12.2. The summed E-state index contributed by atoms with van der Waals surface area (Å²) in [7, 11) is 0. The lowest BCUT2D eigenvalue weighted by Gasteiger charge is -2.08. The van der Waals surface area contributed by atoms with Crippen LogP contribution in [0, 0.1) is 0 Å². The second-order valence-corrected chi connectivity index (χ2v) is 6.17. The summed E-state index contributed by atoms with van der Waals surface area (Å²) in [5, 5.41) is 10.8. The maximum atomic E-state index is 12.3. The number of hydrogen-bond donors (Lipinski definition) is 2. The average Bonchev–Trinajstić information content (AvgIpc) is 2.56. The van der Waals surface area contributed by atoms with Crippen LogP contribution in [0.2, 0.25) is 5.02 Å². The minimum absolute atomic E-state index is 0.180. The normalized spacial score (nSPS) is 10.7. The van der Waals surface area contributed by atoms with Crippen molar-refractivity contribution in [1.82, 2.24) is 15.5 Å². The lowest BCUT2D eigenvalue weighted by molar-refractivity contribution is 0.0950. The van der Waals surface area contributed by atoms with E-state index in [1.807, 2.05) is 6.07 Å². The molecule has 2 N–H and O–H groups in total. The molecule has 0 fully saturated rings. The largest absolute Gasteiger partial charge is 0.346 e. The van der Waals surface area contributed by atoms with Crippen LogP contribution >= 0.6 is 27.5 Å². The van der Waals surface area contributed by atoms with Crippen LogP contribution in [-0.2, 0) is 6.54 Å². The molecule has 7 heteroatoms. The molecular formula is C16H11BrClN3O2. The van der Waals surface area contributed by atoms with E-state index in [1.54, 1.807) is 36.4 Å². The maximum Gasteiger partial charge on any atom is 0.272 e. The van der Waals surface area contributed by atoms with E-state index in [9.17, 15) is 9.59 Å². The van der Waals surface area contributed by atoms with E-state index < -0.39 is 0 Å². The lowest BCUT2D eigenvalue weighted by Crippen LogP contribution is -2.25. The molecule has 0 radical (unpaired) electrons. The molecule has 0 unspecified atom stereocenters. The number of benzene rings is 2. The number of rotatable bonds is 3. The van der Waals surface area contributed by atoms with E-state index in [1.165, 1.54) is 0 Å². The first-order valence-electron chi connectivity index (χ1n) is 6.76. The number of carbonyl (C=O) groups is 1. The molecule has 0 spiro atoms. The van der Waals surface area contributed by atoms with Gasteiger partial charge in [-0.3, -0.25) is 9.59 Å². The minimum atomic E-state index is -0.312. The molecule has 116 valence electrons. The van der Waals surface area contributed by atoms with Gasteiger partial charge in [0.2, 0.25) is 0 Å². The molecule has 0 aliphatic rings. The number of amides is 1. The third-order valence-electron chi connectivity index (χ3n) is 3.36. The Morgan fingerprint density at radius 2 is 1.96 bits per heavy atom. The fourth-order valence-electron chi connectivity index (χ4n) is 2.24. The number of aromatic amines is 1. The first-order valence-corrected chi connectivity index (χ1v) is 7.93. The van der Waals surface area contributed by atoms with Crippen molar-refractivity contribution in [2.24, 2.45) is 0 Å². The average molecular weight is 393 g/mol. The maximum absolute atomic E-state index is 12.3. The topological polar surface area (TPSA) is 74.8 Å². The van der Waals surface area contributed by atoms with E-state index in [0.29, 0.717) is 27.1 Å². The van der Waals surface area contributed by atoms with Gasteiger partial charge in [0.25, 0.3) is 11.5 Å². The lowest BCUT2D eigenvalue weighted by atomic mass is 10.1. The molecule has 0 aliphatic heterocycles. The van der Waals surface area contributed by atoms with Crippen molar-refractivity contribution in [2.75, 3.05) is 0 Å². The molecule has 0 atom stereocenters. The van der Waals surface area contributed by atoms with Crippen LogP contribution in [-0.4, -0.2) is 16.1 Å². The number of carbonyl (C=O) groups excluding carboxylic acids is 1. The zero-order valence-electron chi connectivity index (χ0n) is 11.8. The molecule has 3 rings (SSSR count). The molecular weight excluding hydrogens is 382 g/mol. The summed E-state index contributed by atoms with van der Waals surface area (Å²) in [5.74, 6) is -0.312. The van der Waals surface area contributed by atoms with Crippen molar-refractivity contribution >= 4 is 44.2 Å². The zero-order valence-corrected chi connectivity index (χ0v) is 14.1. The Balaban J connectivity index is 1.86. The van der Waals surface area contributed by atoms with E-state index in [0.717, 1.165) is 4.47 Å². The number of nitrogens with zero attached hydrogens (tertiary/aromatic N) is 1. The van der Waals surface area contributed by atoms with E-state index in [2.05, 4.69) is 31.4 Å². The summed E-state index contributed by atoms with van der Waals surface area (Å²) in [6.45, 7) is 0.180. The summed E-state index contributed by atoms with van der Waals surface area (Å²) < 4.78 is 0.764. The van der Waals surface area contributed by atoms with Crippen LogP contribution in [0.5, 0.6) is 0 Å². The van der Waals surface area contributed by atoms with Crippen molar-refractivity contribution in [2.45, 2.75) is 6.54 Å². The molecule has 0 saturated carbocycles. The molecule has 5 nitrogen and oxygen atoms in total. The molecule has 1 heterocycles. The first kappa shape index (κ1) is 15.7. The van der Waals surface area contributed by atoms with Gasteiger partial charge in [-0.2, -0.15) is 5.10 Å². The molecule has 0 aliphatic carbocycles. The molecule has 23 heavy (non-hydrogen) atoms. The molecule has 0 saturated heterocycles. The number of halogens is 2. The Morgan fingerprint density at radius 3 is 2.74 bits per heavy atom. The van der Waals surface area contributed by atoms with E-state index in [-0.39, 0.29) is 18.0 Å². The quantitative estimate of drug-likeness (QED) is 0.718. The Hall–Kier alpha value is -2.18. The number of nitrogens with one attached hydrogen (secondary N) is 2. The molecule has 3 aromatic rings. The van der Waals surface area contributed by atoms with Crippen LogP contribution in [0.4, 0.5) is 0 Å². The highest BCUT2D eigenvalue weighted by molar-refractivity contribution is 9.10. The van der Waals surface area contributed by atoms with E-state index in [4.69, 9.17) is 11.6 Å². The monoisotopic (exact) mass is 391 g/mol. The third kappa shape index (κ3) is 3.28. The van der Waals surface area contributed by atoms with Crippen molar-refractivity contribution in [1.29, 1.82) is 0 Å². The van der Waals surface area contributed by atoms with Crippen LogP contribution < -0.4 is 10.9 Å². The predicted octanol–water partition coefficient (Wildman–Crippen LogP) is 3.27. The SMILES string of the molecule is O=C(NCc1n[nH]c(=O)c2ccccc12)c1cc(Br)ccc1Cl. The van der Waals surface area contributed by atoms with Gasteiger partial charge in [-0.25, -0.2) is 5.10 Å². The third-order valence-corrected chi connectivity index (χ3v) is 4.19. The van der Waals surface area contributed by atoms with Crippen LogP contribution in [0.25, 0.3) is 10.8 Å². The predicted molar refractivity (Wildman–Crippen MR) is 92.7 cm³/mol. The second kappa shape index (κ2) is 6.52. The van der Waals surface area contributed by atoms with Gasteiger partial charge in [0.15, 0.2) is 0 Å². The van der Waals surface area contributed by atoms with Crippen molar-refractivity contribution in [3.8, 4) is 0 Å². The smallest absolute Gasteiger partial charge is 0.272 e. The Labute approximate surface area is 144 Å². The summed E-state index contributed by atoms with van der Waals surface area (Å²) in [5.41, 5.74) is 0.695. The summed E-state index contributed by atoms with van der Waals surface area (Å²) >= 11 is 9.35. The van der Waals surface area contributed by atoms with Gasteiger partial charge in [0.1, 0.15) is 0 Å². The standard InChI is InChI=1S/C16H11BrClN3O2/c17-9-5-6-13(18)12(7-9)15(22)19-8-14-10-3-1-2-4-11(10)16(23)21-20-14/h1-7H,8H2,(H,19,22)(H,21,23). The number of aromatic nitrogens is 2. The highest BCUT2D eigenvalue weighted by atomic mass is 79.9. The van der Waals surface area contributed by atoms with Crippen molar-refractivity contribution in [3.63, 3.8) is 0 Å². The van der Waals surface area contributed by atoms with Gasteiger partial charge in [-0.15, -0.1) is 0 Å². The number of fused-ring (bicyclic) bond motifs is 1. The second-order valence-electron chi connectivity index (χ2n) is 4.85. The summed E-state index contributed by atoms with van der Waals surface area (Å²) in [4.78, 5) is 24.0. The van der Waals surface area contributed by atoms with Gasteiger partial charge in [0, 0.05) is 9.86 Å². The fourth-order valence-corrected chi connectivity index (χ4v) is 2.80. The van der Waals surface area contributed by atoms with Gasteiger partial charge in [-0.05, 0) is 24.3 Å². The van der Waals surface area contributed by atoms with Gasteiger partial charge in [0.05, 0.1) is 28.2 Å².